The first-order valence-electron chi connectivity index (χ1n) is 4.35. The minimum atomic E-state index is -0.648. The number of likely N-dealkylation sites (N-methyl/N-ethyl adjacent to an activating group) is 1. The molecular weight excluding hydrogens is 208 g/mol. The number of aryl methyl sites for hydroxylation is 1. The Balaban J connectivity index is 3.11. The van der Waals surface area contributed by atoms with Gasteiger partial charge in [0.25, 0.3) is 0 Å². The van der Waals surface area contributed by atoms with E-state index in [1.54, 1.807) is 14.0 Å². The molecule has 0 saturated carbocycles. The van der Waals surface area contributed by atoms with Crippen LogP contribution < -0.4 is 5.32 Å². The zero-order chi connectivity index (χ0) is 10.7. The van der Waals surface area contributed by atoms with Gasteiger partial charge >= 0.3 is 0 Å². The monoisotopic (exact) mass is 219 g/mol. The van der Waals surface area contributed by atoms with Crippen LogP contribution in [0.2, 0.25) is 5.02 Å². The van der Waals surface area contributed by atoms with Crippen molar-refractivity contribution in [3.63, 3.8) is 0 Å². The van der Waals surface area contributed by atoms with E-state index in [9.17, 15) is 8.78 Å². The number of hydrogen-bond donors (Lipinski definition) is 1. The maximum Gasteiger partial charge on any atom is 0.147 e. The number of benzene rings is 1. The van der Waals surface area contributed by atoms with Crippen LogP contribution in [0.1, 0.15) is 11.1 Å². The van der Waals surface area contributed by atoms with Crippen LogP contribution in [0.3, 0.4) is 0 Å². The van der Waals surface area contributed by atoms with Crippen LogP contribution in [0.15, 0.2) is 6.07 Å². The molecule has 0 aliphatic carbocycles. The van der Waals surface area contributed by atoms with Crippen molar-refractivity contribution in [2.75, 3.05) is 13.6 Å². The lowest BCUT2D eigenvalue weighted by molar-refractivity contribution is 0.546. The van der Waals surface area contributed by atoms with E-state index in [4.69, 9.17) is 11.6 Å². The summed E-state index contributed by atoms with van der Waals surface area (Å²) in [6, 6.07) is 1.30. The fraction of sp³-hybridized carbons (Fsp3) is 0.400. The SMILES string of the molecule is CNCCc1c(F)c(C)cc(Cl)c1F. The van der Waals surface area contributed by atoms with Crippen molar-refractivity contribution in [3.8, 4) is 0 Å². The molecule has 0 aliphatic heterocycles. The molecule has 4 heteroatoms. The summed E-state index contributed by atoms with van der Waals surface area (Å²) in [4.78, 5) is 0. The number of halogens is 3. The third-order valence-corrected chi connectivity index (χ3v) is 2.33. The molecule has 0 heterocycles. The Bertz CT molecular complexity index is 313. The van der Waals surface area contributed by atoms with Gasteiger partial charge in [-0.05, 0) is 38.6 Å². The zero-order valence-corrected chi connectivity index (χ0v) is 8.88. The summed E-state index contributed by atoms with van der Waals surface area (Å²) < 4.78 is 26.8. The molecule has 0 amide bonds. The van der Waals surface area contributed by atoms with Crippen molar-refractivity contribution < 1.29 is 8.78 Å². The third-order valence-electron chi connectivity index (χ3n) is 2.05. The van der Waals surface area contributed by atoms with Gasteiger partial charge in [-0.3, -0.25) is 0 Å². The highest BCUT2D eigenvalue weighted by Gasteiger charge is 2.14. The first kappa shape index (κ1) is 11.4. The smallest absolute Gasteiger partial charge is 0.147 e. The zero-order valence-electron chi connectivity index (χ0n) is 8.13. The van der Waals surface area contributed by atoms with Gasteiger partial charge in [-0.15, -0.1) is 0 Å². The lowest BCUT2D eigenvalue weighted by atomic mass is 10.1. The van der Waals surface area contributed by atoms with Gasteiger partial charge in [0.1, 0.15) is 11.6 Å². The van der Waals surface area contributed by atoms with Crippen LogP contribution in [0.25, 0.3) is 0 Å². The lowest BCUT2D eigenvalue weighted by Gasteiger charge is -2.08. The van der Waals surface area contributed by atoms with Crippen molar-refractivity contribution in [2.24, 2.45) is 0 Å². The first-order valence-corrected chi connectivity index (χ1v) is 4.73. The van der Waals surface area contributed by atoms with E-state index in [2.05, 4.69) is 5.32 Å². The Labute approximate surface area is 87.1 Å². The molecule has 1 N–H and O–H groups in total. The molecule has 0 bridgehead atoms. The molecule has 78 valence electrons. The van der Waals surface area contributed by atoms with Gasteiger partial charge in [0, 0.05) is 5.56 Å². The number of hydrogen-bond acceptors (Lipinski definition) is 1. The highest BCUT2D eigenvalue weighted by molar-refractivity contribution is 6.30. The number of nitrogens with one attached hydrogen (secondary N) is 1. The van der Waals surface area contributed by atoms with Crippen LogP contribution in [0.4, 0.5) is 8.78 Å². The van der Waals surface area contributed by atoms with Gasteiger partial charge in [0.15, 0.2) is 0 Å². The van der Waals surface area contributed by atoms with E-state index in [0.29, 0.717) is 18.5 Å². The van der Waals surface area contributed by atoms with Gasteiger partial charge < -0.3 is 5.32 Å². The maximum absolute atomic E-state index is 13.4. The first-order chi connectivity index (χ1) is 6.57. The summed E-state index contributed by atoms with van der Waals surface area (Å²) in [6.45, 7) is 2.09. The highest BCUT2D eigenvalue weighted by Crippen LogP contribution is 2.24. The van der Waals surface area contributed by atoms with Crippen molar-refractivity contribution in [1.29, 1.82) is 0 Å². The van der Waals surface area contributed by atoms with E-state index < -0.39 is 11.6 Å². The third kappa shape index (κ3) is 2.22. The van der Waals surface area contributed by atoms with Crippen LogP contribution in [0.5, 0.6) is 0 Å². The molecule has 0 aliphatic rings. The van der Waals surface area contributed by atoms with Crippen molar-refractivity contribution in [3.05, 3.63) is 33.9 Å². The Kier molecular flexibility index (Phi) is 3.84. The van der Waals surface area contributed by atoms with Crippen molar-refractivity contribution >= 4 is 11.6 Å². The second-order valence-corrected chi connectivity index (χ2v) is 3.54. The molecular formula is C10H12ClF2N. The summed E-state index contributed by atoms with van der Waals surface area (Å²) in [5.41, 5.74) is 0.437. The summed E-state index contributed by atoms with van der Waals surface area (Å²) >= 11 is 5.61. The van der Waals surface area contributed by atoms with E-state index in [1.807, 2.05) is 0 Å². The maximum atomic E-state index is 13.4. The minimum Gasteiger partial charge on any atom is -0.319 e. The van der Waals surface area contributed by atoms with E-state index in [-0.39, 0.29) is 10.6 Å². The molecule has 0 aromatic heterocycles. The van der Waals surface area contributed by atoms with Crippen molar-refractivity contribution in [2.45, 2.75) is 13.3 Å². The average Bonchev–Trinajstić information content (AvgIpc) is 2.15. The molecule has 1 aromatic rings. The Morgan fingerprint density at radius 2 is 2.00 bits per heavy atom. The normalized spacial score (nSPS) is 10.6. The second kappa shape index (κ2) is 4.71. The van der Waals surface area contributed by atoms with E-state index in [0.717, 1.165) is 0 Å². The van der Waals surface area contributed by atoms with Crippen LogP contribution in [-0.4, -0.2) is 13.6 Å². The van der Waals surface area contributed by atoms with E-state index >= 15 is 0 Å². The molecule has 1 rings (SSSR count). The Morgan fingerprint density at radius 1 is 1.36 bits per heavy atom. The largest absolute Gasteiger partial charge is 0.319 e. The molecule has 0 saturated heterocycles. The summed E-state index contributed by atoms with van der Waals surface area (Å²) in [7, 11) is 1.73. The highest BCUT2D eigenvalue weighted by atomic mass is 35.5. The molecule has 0 fully saturated rings. The van der Waals surface area contributed by atoms with Crippen LogP contribution in [0, 0.1) is 18.6 Å². The minimum absolute atomic E-state index is 0.0185. The fourth-order valence-electron chi connectivity index (χ4n) is 1.26. The Hall–Kier alpha value is -0.670. The Morgan fingerprint density at radius 3 is 2.57 bits per heavy atom. The molecule has 1 aromatic carbocycles. The topological polar surface area (TPSA) is 12.0 Å². The van der Waals surface area contributed by atoms with E-state index in [1.165, 1.54) is 6.07 Å². The predicted molar refractivity (Wildman–Crippen MR) is 53.7 cm³/mol. The quantitative estimate of drug-likeness (QED) is 0.771. The molecule has 0 spiro atoms. The van der Waals surface area contributed by atoms with Gasteiger partial charge in [-0.2, -0.15) is 0 Å². The van der Waals surface area contributed by atoms with Crippen LogP contribution in [-0.2, 0) is 6.42 Å². The summed E-state index contributed by atoms with van der Waals surface area (Å²) in [5.74, 6) is -1.15. The van der Waals surface area contributed by atoms with Gasteiger partial charge in [-0.1, -0.05) is 11.6 Å². The summed E-state index contributed by atoms with van der Waals surface area (Å²) in [6.07, 6.45) is 0.301. The predicted octanol–water partition coefficient (Wildman–Crippen LogP) is 2.69. The van der Waals surface area contributed by atoms with Gasteiger partial charge in [0.2, 0.25) is 0 Å². The molecule has 14 heavy (non-hydrogen) atoms. The molecule has 1 nitrogen and oxygen atoms in total. The lowest BCUT2D eigenvalue weighted by Crippen LogP contribution is -2.13. The molecule has 0 radical (unpaired) electrons. The van der Waals surface area contributed by atoms with Crippen molar-refractivity contribution in [1.82, 2.24) is 5.32 Å². The molecule has 0 atom stereocenters. The summed E-state index contributed by atoms with van der Waals surface area (Å²) in [5, 5.41) is 2.81. The van der Waals surface area contributed by atoms with Crippen LogP contribution >= 0.6 is 11.6 Å². The average molecular weight is 220 g/mol. The van der Waals surface area contributed by atoms with Gasteiger partial charge in [0.05, 0.1) is 5.02 Å². The van der Waals surface area contributed by atoms with Gasteiger partial charge in [-0.25, -0.2) is 8.78 Å². The molecule has 0 unspecified atom stereocenters. The number of rotatable bonds is 3. The second-order valence-electron chi connectivity index (χ2n) is 3.14. The standard InChI is InChI=1S/C10H12ClF2N/c1-6-5-8(11)10(13)7(9(6)12)3-4-14-2/h5,14H,3-4H2,1-2H3. The fourth-order valence-corrected chi connectivity index (χ4v) is 1.54.